The van der Waals surface area contributed by atoms with E-state index in [1.807, 2.05) is 18.2 Å². The zero-order chi connectivity index (χ0) is 17.8. The number of carbonyl (C=O) groups is 1. The number of nitrogens with zero attached hydrogens (tertiary/aromatic N) is 3. The maximum Gasteiger partial charge on any atom is 0.269 e. The number of primary amides is 1. The Labute approximate surface area is 145 Å². The Kier molecular flexibility index (Phi) is 4.95. The summed E-state index contributed by atoms with van der Waals surface area (Å²) in [6.07, 6.45) is 0. The number of non-ortho nitro benzene ring substituents is 1. The molecule has 3 rings (SSSR count). The minimum absolute atomic E-state index is 0.130. The molecular weight excluding hydrogens is 320 g/mol. The van der Waals surface area contributed by atoms with Crippen LogP contribution in [-0.4, -0.2) is 41.9 Å². The number of rotatable bonds is 5. The van der Waals surface area contributed by atoms with Crippen LogP contribution in [0.2, 0.25) is 0 Å². The molecule has 2 N–H and O–H groups in total. The number of hydrogen-bond donors (Lipinski definition) is 1. The average molecular weight is 340 g/mol. The fraction of sp³-hybridized carbons (Fsp3) is 0.278. The zero-order valence-corrected chi connectivity index (χ0v) is 13.8. The number of carbonyl (C=O) groups excluding carboxylic acids is 1. The summed E-state index contributed by atoms with van der Waals surface area (Å²) in [5, 5.41) is 10.9. The van der Waals surface area contributed by atoms with Gasteiger partial charge in [-0.1, -0.05) is 12.1 Å². The van der Waals surface area contributed by atoms with E-state index in [0.717, 1.165) is 37.4 Å². The van der Waals surface area contributed by atoms with Crippen molar-refractivity contribution in [2.24, 2.45) is 5.73 Å². The van der Waals surface area contributed by atoms with Crippen LogP contribution >= 0.6 is 0 Å². The highest BCUT2D eigenvalue weighted by Crippen LogP contribution is 2.19. The molecule has 1 amide bonds. The molecule has 1 aliphatic heterocycles. The SMILES string of the molecule is NC(=O)c1ccc(N2CCN(Cc3cccc([N+](=O)[O-])c3)CC2)cc1. The Morgan fingerprint density at radius 1 is 1.08 bits per heavy atom. The quantitative estimate of drug-likeness (QED) is 0.664. The molecule has 0 unspecified atom stereocenters. The number of nitrogens with two attached hydrogens (primary N) is 1. The van der Waals surface area contributed by atoms with Crippen LogP contribution in [0.5, 0.6) is 0 Å². The van der Waals surface area contributed by atoms with Crippen LogP contribution in [0.25, 0.3) is 0 Å². The minimum atomic E-state index is -0.423. The molecule has 0 aliphatic carbocycles. The maximum atomic E-state index is 11.1. The monoisotopic (exact) mass is 340 g/mol. The van der Waals surface area contributed by atoms with Gasteiger partial charge in [-0.15, -0.1) is 0 Å². The molecule has 2 aromatic rings. The van der Waals surface area contributed by atoms with E-state index in [-0.39, 0.29) is 10.6 Å². The first-order valence-electron chi connectivity index (χ1n) is 8.13. The molecule has 1 aliphatic rings. The first-order chi connectivity index (χ1) is 12.0. The fourth-order valence-corrected chi connectivity index (χ4v) is 3.03. The number of amides is 1. The summed E-state index contributed by atoms with van der Waals surface area (Å²) in [7, 11) is 0. The number of anilines is 1. The van der Waals surface area contributed by atoms with Crippen LogP contribution < -0.4 is 10.6 Å². The predicted molar refractivity (Wildman–Crippen MR) is 95.5 cm³/mol. The standard InChI is InChI=1S/C18H20N4O3/c19-18(23)15-4-6-16(7-5-15)21-10-8-20(9-11-21)13-14-2-1-3-17(12-14)22(24)25/h1-7,12H,8-11,13H2,(H2,19,23). The molecule has 1 fully saturated rings. The van der Waals surface area contributed by atoms with Crippen LogP contribution in [0, 0.1) is 10.1 Å². The lowest BCUT2D eigenvalue weighted by Gasteiger charge is -2.36. The van der Waals surface area contributed by atoms with Crippen molar-refractivity contribution in [3.8, 4) is 0 Å². The molecule has 7 heteroatoms. The van der Waals surface area contributed by atoms with Crippen LogP contribution in [0.3, 0.4) is 0 Å². The summed E-state index contributed by atoms with van der Waals surface area (Å²) in [6.45, 7) is 4.19. The van der Waals surface area contributed by atoms with Gasteiger partial charge < -0.3 is 10.6 Å². The Morgan fingerprint density at radius 3 is 2.36 bits per heavy atom. The van der Waals surface area contributed by atoms with Crippen molar-refractivity contribution in [3.63, 3.8) is 0 Å². The van der Waals surface area contributed by atoms with E-state index < -0.39 is 5.91 Å². The van der Waals surface area contributed by atoms with E-state index in [1.54, 1.807) is 24.3 Å². The first-order valence-corrected chi connectivity index (χ1v) is 8.13. The second-order valence-electron chi connectivity index (χ2n) is 6.10. The fourth-order valence-electron chi connectivity index (χ4n) is 3.03. The molecule has 0 atom stereocenters. The third-order valence-electron chi connectivity index (χ3n) is 4.42. The summed E-state index contributed by atoms with van der Waals surface area (Å²) in [4.78, 5) is 26.2. The highest BCUT2D eigenvalue weighted by atomic mass is 16.6. The lowest BCUT2D eigenvalue weighted by molar-refractivity contribution is -0.384. The summed E-state index contributed by atoms with van der Waals surface area (Å²) in [5.41, 5.74) is 7.92. The van der Waals surface area contributed by atoms with Gasteiger partial charge >= 0.3 is 0 Å². The van der Waals surface area contributed by atoms with Gasteiger partial charge in [0.1, 0.15) is 0 Å². The third kappa shape index (κ3) is 4.13. The lowest BCUT2D eigenvalue weighted by atomic mass is 10.1. The Balaban J connectivity index is 1.57. The van der Waals surface area contributed by atoms with Crippen molar-refractivity contribution in [1.29, 1.82) is 0 Å². The Morgan fingerprint density at radius 2 is 1.76 bits per heavy atom. The summed E-state index contributed by atoms with van der Waals surface area (Å²) >= 11 is 0. The number of nitro groups is 1. The molecule has 7 nitrogen and oxygen atoms in total. The second kappa shape index (κ2) is 7.31. The van der Waals surface area contributed by atoms with Crippen molar-refractivity contribution in [1.82, 2.24) is 4.90 Å². The van der Waals surface area contributed by atoms with Crippen molar-refractivity contribution in [2.75, 3.05) is 31.1 Å². The molecule has 0 saturated carbocycles. The third-order valence-corrected chi connectivity index (χ3v) is 4.42. The summed E-state index contributed by atoms with van der Waals surface area (Å²) in [5.74, 6) is -0.423. The van der Waals surface area contributed by atoms with Crippen molar-refractivity contribution >= 4 is 17.3 Å². The normalized spacial score (nSPS) is 15.1. The molecular formula is C18H20N4O3. The van der Waals surface area contributed by atoms with Gasteiger partial charge in [0, 0.05) is 56.1 Å². The van der Waals surface area contributed by atoms with Gasteiger partial charge in [-0.2, -0.15) is 0 Å². The van der Waals surface area contributed by atoms with Crippen molar-refractivity contribution in [3.05, 3.63) is 69.8 Å². The van der Waals surface area contributed by atoms with Gasteiger partial charge in [-0.25, -0.2) is 0 Å². The van der Waals surface area contributed by atoms with Crippen molar-refractivity contribution < 1.29 is 9.72 Å². The van der Waals surface area contributed by atoms with Crippen LogP contribution in [-0.2, 0) is 6.54 Å². The number of benzene rings is 2. The Hall–Kier alpha value is -2.93. The van der Waals surface area contributed by atoms with E-state index in [1.165, 1.54) is 6.07 Å². The summed E-state index contributed by atoms with van der Waals surface area (Å²) < 4.78 is 0. The molecule has 25 heavy (non-hydrogen) atoms. The zero-order valence-electron chi connectivity index (χ0n) is 13.8. The molecule has 0 radical (unpaired) electrons. The molecule has 2 aromatic carbocycles. The van der Waals surface area contributed by atoms with E-state index >= 15 is 0 Å². The van der Waals surface area contributed by atoms with E-state index in [4.69, 9.17) is 5.73 Å². The van der Waals surface area contributed by atoms with Crippen molar-refractivity contribution in [2.45, 2.75) is 6.54 Å². The molecule has 1 saturated heterocycles. The Bertz CT molecular complexity index is 768. The van der Waals surface area contributed by atoms with Gasteiger partial charge in [0.05, 0.1) is 4.92 Å². The van der Waals surface area contributed by atoms with Crippen LogP contribution in [0.4, 0.5) is 11.4 Å². The molecule has 0 bridgehead atoms. The highest BCUT2D eigenvalue weighted by Gasteiger charge is 2.18. The second-order valence-corrected chi connectivity index (χ2v) is 6.10. The predicted octanol–water partition coefficient (Wildman–Crippen LogP) is 2.02. The molecule has 1 heterocycles. The van der Waals surface area contributed by atoms with E-state index in [2.05, 4.69) is 9.80 Å². The highest BCUT2D eigenvalue weighted by molar-refractivity contribution is 5.93. The molecule has 130 valence electrons. The summed E-state index contributed by atoms with van der Waals surface area (Å²) in [6, 6.07) is 14.1. The largest absolute Gasteiger partial charge is 0.369 e. The van der Waals surface area contributed by atoms with Gasteiger partial charge in [-0.3, -0.25) is 19.8 Å². The number of piperazine rings is 1. The first kappa shape index (κ1) is 16.9. The lowest BCUT2D eigenvalue weighted by Crippen LogP contribution is -2.45. The topological polar surface area (TPSA) is 92.7 Å². The average Bonchev–Trinajstić information content (AvgIpc) is 2.63. The van der Waals surface area contributed by atoms with Crippen LogP contribution in [0.15, 0.2) is 48.5 Å². The number of hydrogen-bond acceptors (Lipinski definition) is 5. The van der Waals surface area contributed by atoms with Gasteiger partial charge in [-0.05, 0) is 29.8 Å². The molecule has 0 spiro atoms. The smallest absolute Gasteiger partial charge is 0.269 e. The minimum Gasteiger partial charge on any atom is -0.369 e. The van der Waals surface area contributed by atoms with Crippen LogP contribution in [0.1, 0.15) is 15.9 Å². The van der Waals surface area contributed by atoms with E-state index in [9.17, 15) is 14.9 Å². The number of nitro benzene ring substituents is 1. The van der Waals surface area contributed by atoms with Gasteiger partial charge in [0.15, 0.2) is 0 Å². The maximum absolute atomic E-state index is 11.1. The van der Waals surface area contributed by atoms with Gasteiger partial charge in [0.2, 0.25) is 5.91 Å². The molecule has 0 aromatic heterocycles. The van der Waals surface area contributed by atoms with Gasteiger partial charge in [0.25, 0.3) is 5.69 Å². The van der Waals surface area contributed by atoms with E-state index in [0.29, 0.717) is 12.1 Å².